The number of nitrogens with one attached hydrogen (secondary N) is 1. The molecule has 0 radical (unpaired) electrons. The highest BCUT2D eigenvalue weighted by Gasteiger charge is 2.34. The zero-order chi connectivity index (χ0) is 14.0. The van der Waals surface area contributed by atoms with Crippen molar-refractivity contribution < 1.29 is 18.3 Å². The minimum Gasteiger partial charge on any atom is -0.481 e. The van der Waals surface area contributed by atoms with Crippen LogP contribution in [-0.4, -0.2) is 25.5 Å². The van der Waals surface area contributed by atoms with Crippen molar-refractivity contribution in [1.29, 1.82) is 0 Å². The molecule has 2 atom stereocenters. The van der Waals surface area contributed by atoms with Crippen molar-refractivity contribution in [3.63, 3.8) is 0 Å². The van der Waals surface area contributed by atoms with Crippen LogP contribution in [0.5, 0.6) is 0 Å². The van der Waals surface area contributed by atoms with Crippen molar-refractivity contribution in [2.45, 2.75) is 35.9 Å². The van der Waals surface area contributed by atoms with Gasteiger partial charge in [-0.2, -0.15) is 0 Å². The molecule has 106 valence electrons. The Morgan fingerprint density at radius 1 is 1.37 bits per heavy atom. The van der Waals surface area contributed by atoms with Crippen molar-refractivity contribution in [2.75, 3.05) is 0 Å². The summed E-state index contributed by atoms with van der Waals surface area (Å²) in [6.07, 6.45) is 2.78. The molecule has 2 N–H and O–H groups in total. The minimum atomic E-state index is -3.63. The third-order valence-electron chi connectivity index (χ3n) is 3.20. The molecule has 1 aliphatic carbocycles. The lowest BCUT2D eigenvalue weighted by Crippen LogP contribution is -2.44. The maximum absolute atomic E-state index is 12.2. The van der Waals surface area contributed by atoms with Gasteiger partial charge in [-0.3, -0.25) is 4.79 Å². The van der Waals surface area contributed by atoms with E-state index in [9.17, 15) is 13.2 Å². The van der Waals surface area contributed by atoms with Gasteiger partial charge in [-0.1, -0.05) is 12.8 Å². The third-order valence-corrected chi connectivity index (χ3v) is 6.81. The molecule has 0 amide bonds. The molecule has 0 saturated heterocycles. The van der Waals surface area contributed by atoms with Gasteiger partial charge in [0.25, 0.3) is 0 Å². The van der Waals surface area contributed by atoms with Crippen LogP contribution in [0.2, 0.25) is 0 Å². The Labute approximate surface area is 124 Å². The van der Waals surface area contributed by atoms with E-state index in [1.165, 1.54) is 6.07 Å². The largest absolute Gasteiger partial charge is 0.481 e. The van der Waals surface area contributed by atoms with Gasteiger partial charge in [-0.05, 0) is 40.9 Å². The quantitative estimate of drug-likeness (QED) is 0.855. The van der Waals surface area contributed by atoms with E-state index in [4.69, 9.17) is 5.11 Å². The molecule has 5 nitrogen and oxygen atoms in total. The molecule has 1 aromatic rings. The Morgan fingerprint density at radius 3 is 2.63 bits per heavy atom. The Morgan fingerprint density at radius 2 is 2.05 bits per heavy atom. The maximum atomic E-state index is 12.2. The van der Waals surface area contributed by atoms with Gasteiger partial charge in [0.05, 0.1) is 9.70 Å². The van der Waals surface area contributed by atoms with E-state index in [-0.39, 0.29) is 4.21 Å². The van der Waals surface area contributed by atoms with E-state index in [1.54, 1.807) is 6.07 Å². The number of carbonyl (C=O) groups is 1. The summed E-state index contributed by atoms with van der Waals surface area (Å²) in [5.41, 5.74) is 0. The summed E-state index contributed by atoms with van der Waals surface area (Å²) in [5.74, 6) is -1.56. The summed E-state index contributed by atoms with van der Waals surface area (Å²) in [6.45, 7) is 0. The average Bonchev–Trinajstić information content (AvgIpc) is 2.76. The van der Waals surface area contributed by atoms with E-state index >= 15 is 0 Å². The second-order valence-corrected chi connectivity index (χ2v) is 8.92. The predicted octanol–water partition coefficient (Wildman–Crippen LogP) is 2.43. The van der Waals surface area contributed by atoms with Crippen molar-refractivity contribution in [2.24, 2.45) is 5.92 Å². The average molecular weight is 368 g/mol. The van der Waals surface area contributed by atoms with Crippen LogP contribution < -0.4 is 4.72 Å². The molecule has 0 bridgehead atoms. The first-order valence-electron chi connectivity index (χ1n) is 5.90. The summed E-state index contributed by atoms with van der Waals surface area (Å²) < 4.78 is 27.8. The summed E-state index contributed by atoms with van der Waals surface area (Å²) in [5, 5.41) is 9.14. The second kappa shape index (κ2) is 5.90. The molecule has 8 heteroatoms. The van der Waals surface area contributed by atoms with Crippen LogP contribution in [0.25, 0.3) is 0 Å². The fourth-order valence-corrected chi connectivity index (χ4v) is 5.60. The molecular formula is C11H14BrNO4S2. The van der Waals surface area contributed by atoms with Gasteiger partial charge in [-0.15, -0.1) is 11.3 Å². The zero-order valence-electron chi connectivity index (χ0n) is 10.0. The Balaban J connectivity index is 2.16. The zero-order valence-corrected chi connectivity index (χ0v) is 13.2. The summed E-state index contributed by atoms with van der Waals surface area (Å²) >= 11 is 4.33. The molecule has 1 aromatic heterocycles. The van der Waals surface area contributed by atoms with Gasteiger partial charge in [0.1, 0.15) is 4.21 Å². The van der Waals surface area contributed by atoms with E-state index in [2.05, 4.69) is 20.7 Å². The molecule has 1 heterocycles. The van der Waals surface area contributed by atoms with E-state index < -0.39 is 28.0 Å². The first kappa shape index (κ1) is 15.0. The van der Waals surface area contributed by atoms with E-state index in [0.717, 1.165) is 28.0 Å². The smallest absolute Gasteiger partial charge is 0.308 e. The highest BCUT2D eigenvalue weighted by atomic mass is 79.9. The molecule has 0 aliphatic heterocycles. The number of sulfonamides is 1. The molecule has 1 saturated carbocycles. The van der Waals surface area contributed by atoms with Crippen LogP contribution in [0.1, 0.15) is 25.7 Å². The fourth-order valence-electron chi connectivity index (χ4n) is 2.27. The lowest BCUT2D eigenvalue weighted by Gasteiger charge is -2.28. The minimum absolute atomic E-state index is 0.203. The molecule has 0 spiro atoms. The Kier molecular flexibility index (Phi) is 4.65. The monoisotopic (exact) mass is 367 g/mol. The summed E-state index contributed by atoms with van der Waals surface area (Å²) in [7, 11) is -3.63. The van der Waals surface area contributed by atoms with Gasteiger partial charge in [0, 0.05) is 6.04 Å². The number of hydrogen-bond donors (Lipinski definition) is 2. The lowest BCUT2D eigenvalue weighted by molar-refractivity contribution is -0.143. The molecule has 19 heavy (non-hydrogen) atoms. The molecule has 2 unspecified atom stereocenters. The maximum Gasteiger partial charge on any atom is 0.308 e. The van der Waals surface area contributed by atoms with Crippen LogP contribution >= 0.6 is 27.3 Å². The van der Waals surface area contributed by atoms with Crippen LogP contribution in [0.4, 0.5) is 0 Å². The second-order valence-electron chi connectivity index (χ2n) is 4.52. The van der Waals surface area contributed by atoms with Crippen LogP contribution in [0.15, 0.2) is 20.1 Å². The van der Waals surface area contributed by atoms with Gasteiger partial charge < -0.3 is 5.11 Å². The summed E-state index contributed by atoms with van der Waals surface area (Å²) in [6, 6.07) is 2.65. The lowest BCUT2D eigenvalue weighted by atomic mass is 9.85. The normalized spacial score (nSPS) is 24.3. The number of carboxylic acid groups (broad SMARTS) is 1. The fraction of sp³-hybridized carbons (Fsp3) is 0.545. The third kappa shape index (κ3) is 3.56. The highest BCUT2D eigenvalue weighted by molar-refractivity contribution is 9.11. The standard InChI is InChI=1S/C11H14BrNO4S2/c12-9-5-6-10(18-9)19(16,17)13-8-4-2-1-3-7(8)11(14)15/h5-8,13H,1-4H2,(H,14,15). The molecular weight excluding hydrogens is 354 g/mol. The Hall–Kier alpha value is -0.440. The predicted molar refractivity (Wildman–Crippen MR) is 75.7 cm³/mol. The molecule has 0 aromatic carbocycles. The van der Waals surface area contributed by atoms with Crippen molar-refractivity contribution in [3.8, 4) is 0 Å². The highest BCUT2D eigenvalue weighted by Crippen LogP contribution is 2.29. The van der Waals surface area contributed by atoms with Gasteiger partial charge in [-0.25, -0.2) is 13.1 Å². The first-order chi connectivity index (χ1) is 8.90. The summed E-state index contributed by atoms with van der Waals surface area (Å²) in [4.78, 5) is 11.2. The van der Waals surface area contributed by atoms with Crippen molar-refractivity contribution >= 4 is 43.3 Å². The topological polar surface area (TPSA) is 83.5 Å². The molecule has 2 rings (SSSR count). The van der Waals surface area contributed by atoms with Crippen molar-refractivity contribution in [1.82, 2.24) is 4.72 Å². The van der Waals surface area contributed by atoms with E-state index in [1.807, 2.05) is 0 Å². The van der Waals surface area contributed by atoms with Gasteiger partial charge in [0.2, 0.25) is 10.0 Å². The van der Waals surface area contributed by atoms with Gasteiger partial charge in [0.15, 0.2) is 0 Å². The van der Waals surface area contributed by atoms with Crippen LogP contribution in [0, 0.1) is 5.92 Å². The number of thiophene rings is 1. The van der Waals surface area contributed by atoms with Gasteiger partial charge >= 0.3 is 5.97 Å². The van der Waals surface area contributed by atoms with Crippen molar-refractivity contribution in [3.05, 3.63) is 15.9 Å². The van der Waals surface area contributed by atoms with Crippen LogP contribution in [0.3, 0.4) is 0 Å². The number of carboxylic acids is 1. The van der Waals surface area contributed by atoms with E-state index in [0.29, 0.717) is 12.8 Å². The molecule has 1 aliphatic rings. The number of rotatable bonds is 4. The number of halogens is 1. The first-order valence-corrected chi connectivity index (χ1v) is 9.00. The molecule has 1 fully saturated rings. The number of aliphatic carboxylic acids is 1. The Bertz CT molecular complexity index is 569. The number of hydrogen-bond acceptors (Lipinski definition) is 4. The van der Waals surface area contributed by atoms with Crippen LogP contribution in [-0.2, 0) is 14.8 Å². The SMILES string of the molecule is O=C(O)C1CCCCC1NS(=O)(=O)c1ccc(Br)s1.